The number of thioether (sulfide) groups is 3. The van der Waals surface area contributed by atoms with E-state index in [4.69, 9.17) is 14.2 Å². The van der Waals surface area contributed by atoms with E-state index in [0.29, 0.717) is 26.2 Å². The largest absolute Gasteiger partial charge is 0.485 e. The van der Waals surface area contributed by atoms with Crippen LogP contribution in [0.3, 0.4) is 0 Å². The normalized spacial score (nSPS) is 13.9. The number of ketones is 1. The Morgan fingerprint density at radius 1 is 1.23 bits per heavy atom. The predicted molar refractivity (Wildman–Crippen MR) is 139 cm³/mol. The Hall–Kier alpha value is -2.12. The average molecular weight is 597 g/mol. The topological polar surface area (TPSA) is 83.4 Å². The van der Waals surface area contributed by atoms with Crippen molar-refractivity contribution < 1.29 is 23.4 Å². The highest BCUT2D eigenvalue weighted by atomic mass is 79.9. The Bertz CT molecular complexity index is 1310. The molecule has 3 heterocycles. The van der Waals surface area contributed by atoms with Crippen LogP contribution in [0.1, 0.15) is 21.5 Å². The fourth-order valence-electron chi connectivity index (χ4n) is 3.14. The SMILES string of the molecule is COCOc1c(OCc2cnc(SC)nc2SC)cc(/C=C2\Sc3ncccc3C2=O)c(Br)c1F. The molecule has 182 valence electrons. The number of ether oxygens (including phenoxy) is 3. The summed E-state index contributed by atoms with van der Waals surface area (Å²) in [6.45, 7) is -0.0780. The molecule has 0 N–H and O–H groups in total. The van der Waals surface area contributed by atoms with Gasteiger partial charge in [-0.05, 0) is 58.3 Å². The number of aromatic nitrogens is 3. The summed E-state index contributed by atoms with van der Waals surface area (Å²) in [5.41, 5.74) is 1.69. The van der Waals surface area contributed by atoms with Crippen LogP contribution >= 0.6 is 51.2 Å². The summed E-state index contributed by atoms with van der Waals surface area (Å²) in [7, 11) is 1.44. The van der Waals surface area contributed by atoms with Crippen molar-refractivity contribution in [2.45, 2.75) is 21.8 Å². The van der Waals surface area contributed by atoms with E-state index in [-0.39, 0.29) is 35.2 Å². The Balaban J connectivity index is 1.69. The van der Waals surface area contributed by atoms with Crippen molar-refractivity contribution in [1.29, 1.82) is 0 Å². The summed E-state index contributed by atoms with van der Waals surface area (Å²) in [5.74, 6) is -0.787. The Labute approximate surface area is 222 Å². The quantitative estimate of drug-likeness (QED) is 0.0949. The van der Waals surface area contributed by atoms with Gasteiger partial charge in [0, 0.05) is 25.1 Å². The molecular formula is C23H19BrFN3O4S3. The molecule has 1 aliphatic rings. The number of carbonyl (C=O) groups excluding carboxylic acids is 1. The molecule has 0 atom stereocenters. The number of benzene rings is 1. The average Bonchev–Trinajstić information content (AvgIpc) is 3.20. The molecular weight excluding hydrogens is 577 g/mol. The zero-order valence-electron chi connectivity index (χ0n) is 18.8. The first kappa shape index (κ1) is 26.0. The molecule has 0 saturated carbocycles. The van der Waals surface area contributed by atoms with Gasteiger partial charge in [0.15, 0.2) is 23.5 Å². The van der Waals surface area contributed by atoms with Crippen LogP contribution < -0.4 is 9.47 Å². The number of methoxy groups -OCH3 is 1. The number of fused-ring (bicyclic) bond motifs is 1. The molecule has 0 unspecified atom stereocenters. The lowest BCUT2D eigenvalue weighted by Gasteiger charge is -2.16. The summed E-state index contributed by atoms with van der Waals surface area (Å²) < 4.78 is 31.9. The van der Waals surface area contributed by atoms with Crippen LogP contribution in [0.2, 0.25) is 0 Å². The van der Waals surface area contributed by atoms with E-state index < -0.39 is 5.82 Å². The van der Waals surface area contributed by atoms with Crippen LogP contribution in [0.25, 0.3) is 6.08 Å². The van der Waals surface area contributed by atoms with E-state index in [1.807, 2.05) is 12.5 Å². The maximum absolute atomic E-state index is 15.4. The van der Waals surface area contributed by atoms with Gasteiger partial charge in [-0.2, -0.15) is 0 Å². The van der Waals surface area contributed by atoms with E-state index in [9.17, 15) is 4.79 Å². The van der Waals surface area contributed by atoms with E-state index in [1.54, 1.807) is 36.7 Å². The minimum atomic E-state index is -0.670. The van der Waals surface area contributed by atoms with Gasteiger partial charge in [-0.3, -0.25) is 4.79 Å². The summed E-state index contributed by atoms with van der Waals surface area (Å²) in [6.07, 6.45) is 8.74. The molecule has 0 amide bonds. The molecule has 1 aliphatic heterocycles. The monoisotopic (exact) mass is 595 g/mol. The molecule has 0 fully saturated rings. The molecule has 7 nitrogen and oxygen atoms in total. The Morgan fingerprint density at radius 3 is 2.77 bits per heavy atom. The number of hydrogen-bond donors (Lipinski definition) is 0. The number of Topliss-reactive ketones (excluding diaryl/α,β-unsaturated/α-hetero) is 1. The molecule has 0 bridgehead atoms. The number of pyridine rings is 1. The summed E-state index contributed by atoms with van der Waals surface area (Å²) in [4.78, 5) is 26.3. The molecule has 1 aromatic carbocycles. The Morgan fingerprint density at radius 2 is 2.06 bits per heavy atom. The minimum absolute atomic E-state index is 0.0916. The smallest absolute Gasteiger partial charge is 0.202 e. The lowest BCUT2D eigenvalue weighted by molar-refractivity contribution is 0.0452. The number of nitrogens with zero attached hydrogens (tertiary/aromatic N) is 3. The zero-order valence-corrected chi connectivity index (χ0v) is 22.9. The van der Waals surface area contributed by atoms with Crippen molar-refractivity contribution in [2.24, 2.45) is 0 Å². The van der Waals surface area contributed by atoms with Crippen LogP contribution in [-0.2, 0) is 11.3 Å². The second kappa shape index (κ2) is 11.7. The predicted octanol–water partition coefficient (Wildman–Crippen LogP) is 6.11. The van der Waals surface area contributed by atoms with Crippen LogP contribution in [0.5, 0.6) is 11.5 Å². The van der Waals surface area contributed by atoms with Crippen LogP contribution in [0.4, 0.5) is 4.39 Å². The van der Waals surface area contributed by atoms with E-state index in [0.717, 1.165) is 10.6 Å². The first-order valence-electron chi connectivity index (χ1n) is 10.1. The standard InChI is InChI=1S/C23H19BrFN3O4S3/c1-30-11-32-20-15(31-10-13-9-27-23(34-3)28-21(13)33-2)7-12(17(24)18(20)25)8-16-19(29)14-5-4-6-26-22(14)35-16/h4-9H,10-11H2,1-3H3/b16-8-. The summed E-state index contributed by atoms with van der Waals surface area (Å²) in [6, 6.07) is 5.05. The van der Waals surface area contributed by atoms with E-state index in [1.165, 1.54) is 42.4 Å². The maximum atomic E-state index is 15.4. The van der Waals surface area contributed by atoms with Crippen molar-refractivity contribution in [3.8, 4) is 11.5 Å². The lowest BCUT2D eigenvalue weighted by Crippen LogP contribution is -2.07. The van der Waals surface area contributed by atoms with E-state index in [2.05, 4.69) is 30.9 Å². The van der Waals surface area contributed by atoms with Gasteiger partial charge in [-0.1, -0.05) is 23.5 Å². The zero-order chi connectivity index (χ0) is 24.9. The second-order valence-electron chi connectivity index (χ2n) is 6.95. The van der Waals surface area contributed by atoms with Gasteiger partial charge in [0.05, 0.1) is 14.9 Å². The highest BCUT2D eigenvalue weighted by Gasteiger charge is 2.28. The molecule has 3 aromatic rings. The van der Waals surface area contributed by atoms with Gasteiger partial charge in [-0.25, -0.2) is 19.3 Å². The molecule has 2 aromatic heterocycles. The highest BCUT2D eigenvalue weighted by Crippen LogP contribution is 2.43. The first-order valence-corrected chi connectivity index (χ1v) is 14.1. The number of halogens is 2. The maximum Gasteiger partial charge on any atom is 0.202 e. The van der Waals surface area contributed by atoms with Gasteiger partial charge in [0.25, 0.3) is 0 Å². The third-order valence-corrected chi connectivity index (χ3v) is 7.92. The molecule has 0 radical (unpaired) electrons. The molecule has 0 saturated heterocycles. The number of rotatable bonds is 9. The fourth-order valence-corrected chi connectivity index (χ4v) is 5.48. The lowest BCUT2D eigenvalue weighted by atomic mass is 10.1. The molecule has 0 spiro atoms. The third-order valence-electron chi connectivity index (χ3n) is 4.77. The Kier molecular flexibility index (Phi) is 8.71. The van der Waals surface area contributed by atoms with Crippen molar-refractivity contribution in [3.63, 3.8) is 0 Å². The number of hydrogen-bond acceptors (Lipinski definition) is 10. The van der Waals surface area contributed by atoms with Crippen LogP contribution in [-0.4, -0.2) is 47.1 Å². The van der Waals surface area contributed by atoms with Crippen molar-refractivity contribution in [3.05, 3.63) is 62.5 Å². The van der Waals surface area contributed by atoms with E-state index >= 15 is 4.39 Å². The van der Waals surface area contributed by atoms with Crippen LogP contribution in [0, 0.1) is 5.82 Å². The van der Waals surface area contributed by atoms with Gasteiger partial charge in [0.1, 0.15) is 16.7 Å². The van der Waals surface area contributed by atoms with Gasteiger partial charge < -0.3 is 14.2 Å². The van der Waals surface area contributed by atoms with Gasteiger partial charge >= 0.3 is 0 Å². The highest BCUT2D eigenvalue weighted by molar-refractivity contribution is 9.10. The van der Waals surface area contributed by atoms with Gasteiger partial charge in [-0.15, -0.1) is 11.8 Å². The first-order chi connectivity index (χ1) is 17.0. The third kappa shape index (κ3) is 5.67. The number of carbonyl (C=O) groups is 1. The minimum Gasteiger partial charge on any atom is -0.485 e. The molecule has 4 rings (SSSR count). The van der Waals surface area contributed by atoms with Crippen molar-refractivity contribution in [2.75, 3.05) is 26.4 Å². The van der Waals surface area contributed by atoms with Crippen LogP contribution in [0.15, 0.2) is 55.2 Å². The molecule has 12 heteroatoms. The second-order valence-corrected chi connectivity index (χ2v) is 10.3. The van der Waals surface area contributed by atoms with Crippen molar-refractivity contribution in [1.82, 2.24) is 15.0 Å². The molecule has 0 aliphatic carbocycles. The summed E-state index contributed by atoms with van der Waals surface area (Å²) >= 11 is 7.45. The number of allylic oxidation sites excluding steroid dienone is 1. The fraction of sp³-hybridized carbons (Fsp3) is 0.217. The van der Waals surface area contributed by atoms with Crippen molar-refractivity contribution >= 4 is 63.1 Å². The summed E-state index contributed by atoms with van der Waals surface area (Å²) in [5, 5.41) is 2.04. The molecule has 35 heavy (non-hydrogen) atoms. The van der Waals surface area contributed by atoms with Gasteiger partial charge in [0.2, 0.25) is 11.5 Å².